The zero-order valence-electron chi connectivity index (χ0n) is 13.0. The van der Waals surface area contributed by atoms with E-state index < -0.39 is 0 Å². The standard InChI is InChI=1S/C17H33N/c1-6-9-18-12-16-8-7-15(14(4)5)11-17(16)10-13(2)3/h14-18H,2,6-12H2,1,3-5H3. The first kappa shape index (κ1) is 15.8. The van der Waals surface area contributed by atoms with E-state index in [0.29, 0.717) is 0 Å². The van der Waals surface area contributed by atoms with Gasteiger partial charge in [-0.1, -0.05) is 26.3 Å². The molecule has 0 aliphatic heterocycles. The van der Waals surface area contributed by atoms with Crippen molar-refractivity contribution in [1.29, 1.82) is 0 Å². The molecule has 0 radical (unpaired) electrons. The molecule has 0 aromatic heterocycles. The van der Waals surface area contributed by atoms with Crippen molar-refractivity contribution in [3.8, 4) is 0 Å². The molecule has 3 unspecified atom stereocenters. The Morgan fingerprint density at radius 2 is 2.00 bits per heavy atom. The minimum atomic E-state index is 0.849. The van der Waals surface area contributed by atoms with Gasteiger partial charge in [0.05, 0.1) is 0 Å². The van der Waals surface area contributed by atoms with Crippen molar-refractivity contribution in [1.82, 2.24) is 5.32 Å². The molecule has 1 N–H and O–H groups in total. The summed E-state index contributed by atoms with van der Waals surface area (Å²) < 4.78 is 0. The van der Waals surface area contributed by atoms with E-state index in [1.807, 2.05) is 0 Å². The van der Waals surface area contributed by atoms with Crippen LogP contribution in [0.4, 0.5) is 0 Å². The van der Waals surface area contributed by atoms with Crippen molar-refractivity contribution < 1.29 is 0 Å². The fourth-order valence-electron chi connectivity index (χ4n) is 3.40. The Labute approximate surface area is 114 Å². The van der Waals surface area contributed by atoms with Crippen LogP contribution in [0.25, 0.3) is 0 Å². The van der Waals surface area contributed by atoms with Gasteiger partial charge in [-0.3, -0.25) is 0 Å². The third kappa shape index (κ3) is 5.14. The highest BCUT2D eigenvalue weighted by atomic mass is 14.9. The number of rotatable bonds is 7. The molecule has 0 heterocycles. The highest BCUT2D eigenvalue weighted by Gasteiger charge is 2.31. The first-order valence-corrected chi connectivity index (χ1v) is 7.89. The van der Waals surface area contributed by atoms with Crippen LogP contribution >= 0.6 is 0 Å². The topological polar surface area (TPSA) is 12.0 Å². The van der Waals surface area contributed by atoms with Crippen molar-refractivity contribution in [3.05, 3.63) is 12.2 Å². The number of nitrogens with one attached hydrogen (secondary N) is 1. The summed E-state index contributed by atoms with van der Waals surface area (Å²) in [7, 11) is 0. The van der Waals surface area contributed by atoms with Crippen molar-refractivity contribution in [3.63, 3.8) is 0 Å². The molecular formula is C17H33N. The minimum Gasteiger partial charge on any atom is -0.316 e. The number of allylic oxidation sites excluding steroid dienone is 1. The second-order valence-electron chi connectivity index (χ2n) is 6.70. The average molecular weight is 251 g/mol. The van der Waals surface area contributed by atoms with E-state index in [2.05, 4.69) is 39.6 Å². The van der Waals surface area contributed by atoms with Crippen molar-refractivity contribution in [2.24, 2.45) is 23.7 Å². The Morgan fingerprint density at radius 3 is 2.56 bits per heavy atom. The predicted molar refractivity (Wildman–Crippen MR) is 81.8 cm³/mol. The van der Waals surface area contributed by atoms with Gasteiger partial charge in [-0.05, 0) is 75.8 Å². The molecule has 1 rings (SSSR count). The lowest BCUT2D eigenvalue weighted by molar-refractivity contribution is 0.144. The van der Waals surface area contributed by atoms with Crippen LogP contribution in [-0.4, -0.2) is 13.1 Å². The average Bonchev–Trinajstić information content (AvgIpc) is 2.30. The van der Waals surface area contributed by atoms with Gasteiger partial charge in [0.25, 0.3) is 0 Å². The summed E-state index contributed by atoms with van der Waals surface area (Å²) in [4.78, 5) is 0. The Balaban J connectivity index is 2.51. The Morgan fingerprint density at radius 1 is 1.28 bits per heavy atom. The lowest BCUT2D eigenvalue weighted by Crippen LogP contribution is -2.34. The van der Waals surface area contributed by atoms with E-state index in [1.54, 1.807) is 0 Å². The maximum atomic E-state index is 4.13. The number of hydrogen-bond acceptors (Lipinski definition) is 1. The van der Waals surface area contributed by atoms with E-state index in [9.17, 15) is 0 Å². The van der Waals surface area contributed by atoms with E-state index in [1.165, 1.54) is 50.8 Å². The maximum Gasteiger partial charge on any atom is -0.00178 e. The molecule has 1 aliphatic rings. The normalized spacial score (nSPS) is 28.6. The smallest absolute Gasteiger partial charge is 0.00178 e. The van der Waals surface area contributed by atoms with Crippen LogP contribution in [0.2, 0.25) is 0 Å². The quantitative estimate of drug-likeness (QED) is 0.513. The van der Waals surface area contributed by atoms with Crippen LogP contribution in [0.15, 0.2) is 12.2 Å². The molecule has 0 bridgehead atoms. The molecule has 0 saturated heterocycles. The summed E-state index contributed by atoms with van der Waals surface area (Å²) in [6.07, 6.45) is 6.75. The maximum absolute atomic E-state index is 4.13. The fourth-order valence-corrected chi connectivity index (χ4v) is 3.40. The second kappa shape index (κ2) is 7.99. The molecule has 1 heteroatoms. The molecule has 1 aliphatic carbocycles. The summed E-state index contributed by atoms with van der Waals surface area (Å²) in [5, 5.41) is 3.62. The van der Waals surface area contributed by atoms with Gasteiger partial charge in [-0.15, -0.1) is 6.58 Å². The van der Waals surface area contributed by atoms with Crippen LogP contribution in [0.5, 0.6) is 0 Å². The molecule has 18 heavy (non-hydrogen) atoms. The SMILES string of the molecule is C=C(C)CC1CC(C(C)C)CCC1CNCCC. The van der Waals surface area contributed by atoms with Gasteiger partial charge in [0.15, 0.2) is 0 Å². The van der Waals surface area contributed by atoms with Gasteiger partial charge < -0.3 is 5.32 Å². The summed E-state index contributed by atoms with van der Waals surface area (Å²) in [6, 6.07) is 0. The Hall–Kier alpha value is -0.300. The first-order valence-electron chi connectivity index (χ1n) is 7.89. The molecule has 106 valence electrons. The highest BCUT2D eigenvalue weighted by molar-refractivity contribution is 4.95. The van der Waals surface area contributed by atoms with Crippen molar-refractivity contribution in [2.45, 2.75) is 59.8 Å². The largest absolute Gasteiger partial charge is 0.316 e. The highest BCUT2D eigenvalue weighted by Crippen LogP contribution is 2.39. The molecule has 1 saturated carbocycles. The van der Waals surface area contributed by atoms with Crippen molar-refractivity contribution >= 4 is 0 Å². The fraction of sp³-hybridized carbons (Fsp3) is 0.882. The van der Waals surface area contributed by atoms with E-state index in [4.69, 9.17) is 0 Å². The Kier molecular flexibility index (Phi) is 6.99. The third-order valence-corrected chi connectivity index (χ3v) is 4.57. The van der Waals surface area contributed by atoms with Gasteiger partial charge in [0.1, 0.15) is 0 Å². The van der Waals surface area contributed by atoms with Crippen molar-refractivity contribution in [2.75, 3.05) is 13.1 Å². The van der Waals surface area contributed by atoms with E-state index >= 15 is 0 Å². The second-order valence-corrected chi connectivity index (χ2v) is 6.70. The molecule has 1 fully saturated rings. The first-order chi connectivity index (χ1) is 8.54. The molecule has 0 amide bonds. The molecule has 0 spiro atoms. The van der Waals surface area contributed by atoms with Gasteiger partial charge in [-0.2, -0.15) is 0 Å². The predicted octanol–water partition coefficient (Wildman–Crippen LogP) is 4.64. The van der Waals surface area contributed by atoms with Gasteiger partial charge in [0.2, 0.25) is 0 Å². The summed E-state index contributed by atoms with van der Waals surface area (Å²) in [5.41, 5.74) is 1.37. The molecule has 1 nitrogen and oxygen atoms in total. The van der Waals surface area contributed by atoms with Crippen LogP contribution < -0.4 is 5.32 Å². The van der Waals surface area contributed by atoms with E-state index in [0.717, 1.165) is 23.7 Å². The van der Waals surface area contributed by atoms with Crippen LogP contribution in [0.3, 0.4) is 0 Å². The monoisotopic (exact) mass is 251 g/mol. The van der Waals surface area contributed by atoms with Gasteiger partial charge in [0, 0.05) is 0 Å². The zero-order valence-corrected chi connectivity index (χ0v) is 13.0. The lowest BCUT2D eigenvalue weighted by Gasteiger charge is -2.38. The third-order valence-electron chi connectivity index (χ3n) is 4.57. The summed E-state index contributed by atoms with van der Waals surface area (Å²) in [6.45, 7) is 15.7. The summed E-state index contributed by atoms with van der Waals surface area (Å²) in [5.74, 6) is 3.54. The van der Waals surface area contributed by atoms with Gasteiger partial charge >= 0.3 is 0 Å². The summed E-state index contributed by atoms with van der Waals surface area (Å²) >= 11 is 0. The van der Waals surface area contributed by atoms with Crippen LogP contribution in [0.1, 0.15) is 59.8 Å². The Bertz CT molecular complexity index is 244. The molecule has 3 atom stereocenters. The minimum absolute atomic E-state index is 0.849. The molecule has 0 aromatic rings. The van der Waals surface area contributed by atoms with E-state index in [-0.39, 0.29) is 0 Å². The number of hydrogen-bond donors (Lipinski definition) is 1. The van der Waals surface area contributed by atoms with Gasteiger partial charge in [-0.25, -0.2) is 0 Å². The van der Waals surface area contributed by atoms with Crippen LogP contribution in [0, 0.1) is 23.7 Å². The molecular weight excluding hydrogens is 218 g/mol. The lowest BCUT2D eigenvalue weighted by atomic mass is 9.69. The zero-order chi connectivity index (χ0) is 13.5. The molecule has 0 aromatic carbocycles. The van der Waals surface area contributed by atoms with Crippen LogP contribution in [-0.2, 0) is 0 Å².